The zero-order valence-electron chi connectivity index (χ0n) is 17.6. The first kappa shape index (κ1) is 20.7. The molecule has 0 atom stereocenters. The molecule has 1 aliphatic rings. The van der Waals surface area contributed by atoms with E-state index in [1.807, 2.05) is 30.3 Å². The van der Waals surface area contributed by atoms with E-state index in [4.69, 9.17) is 9.15 Å². The molecule has 0 unspecified atom stereocenters. The van der Waals surface area contributed by atoms with Gasteiger partial charge in [0.25, 0.3) is 11.8 Å². The van der Waals surface area contributed by atoms with Crippen molar-refractivity contribution in [2.45, 2.75) is 32.7 Å². The van der Waals surface area contributed by atoms with E-state index in [2.05, 4.69) is 12.2 Å². The van der Waals surface area contributed by atoms with Crippen molar-refractivity contribution in [3.8, 4) is 5.75 Å². The lowest BCUT2D eigenvalue weighted by atomic mass is 9.98. The number of furan rings is 1. The highest BCUT2D eigenvalue weighted by Gasteiger charge is 2.23. The van der Waals surface area contributed by atoms with Gasteiger partial charge in [-0.2, -0.15) is 0 Å². The number of amides is 2. The normalized spacial score (nSPS) is 12.9. The van der Waals surface area contributed by atoms with Crippen LogP contribution in [0.4, 0.5) is 5.69 Å². The van der Waals surface area contributed by atoms with Crippen LogP contribution in [0.25, 0.3) is 0 Å². The van der Waals surface area contributed by atoms with Gasteiger partial charge < -0.3 is 19.4 Å². The predicted octanol–water partition coefficient (Wildman–Crippen LogP) is 4.91. The lowest BCUT2D eigenvalue weighted by molar-refractivity contribution is 0.0702. The summed E-state index contributed by atoms with van der Waals surface area (Å²) in [6.45, 7) is 3.93. The maximum atomic E-state index is 12.7. The number of benzene rings is 2. The van der Waals surface area contributed by atoms with Crippen molar-refractivity contribution in [3.63, 3.8) is 0 Å². The van der Waals surface area contributed by atoms with E-state index >= 15 is 0 Å². The molecule has 0 saturated carbocycles. The van der Waals surface area contributed by atoms with Crippen LogP contribution in [0, 0.1) is 0 Å². The minimum absolute atomic E-state index is 0.119. The summed E-state index contributed by atoms with van der Waals surface area (Å²) in [4.78, 5) is 27.0. The average molecular weight is 418 g/mol. The maximum absolute atomic E-state index is 12.7. The number of hydrogen-bond acceptors (Lipinski definition) is 4. The predicted molar refractivity (Wildman–Crippen MR) is 118 cm³/mol. The Morgan fingerprint density at radius 1 is 1.10 bits per heavy atom. The van der Waals surface area contributed by atoms with Crippen LogP contribution in [0.5, 0.6) is 5.75 Å². The van der Waals surface area contributed by atoms with Gasteiger partial charge in [0.05, 0.1) is 12.9 Å². The van der Waals surface area contributed by atoms with Crippen molar-refractivity contribution in [3.05, 3.63) is 83.3 Å². The molecular formula is C25H26N2O4. The SMILES string of the molecule is CCCCOc1ccc(C(=O)Nc2ccc3c(c2)CN(C(=O)c2ccco2)CC3)cc1. The third-order valence-corrected chi connectivity index (χ3v) is 5.38. The van der Waals surface area contributed by atoms with E-state index in [0.717, 1.165) is 30.6 Å². The van der Waals surface area contributed by atoms with Gasteiger partial charge in [-0.15, -0.1) is 0 Å². The van der Waals surface area contributed by atoms with E-state index in [1.54, 1.807) is 29.2 Å². The molecule has 0 saturated heterocycles. The Morgan fingerprint density at radius 3 is 2.68 bits per heavy atom. The summed E-state index contributed by atoms with van der Waals surface area (Å²) in [5, 5.41) is 2.95. The first-order valence-electron chi connectivity index (χ1n) is 10.6. The molecular weight excluding hydrogens is 392 g/mol. The Morgan fingerprint density at radius 2 is 1.94 bits per heavy atom. The Kier molecular flexibility index (Phi) is 6.36. The van der Waals surface area contributed by atoms with Gasteiger partial charge in [0.1, 0.15) is 5.75 Å². The van der Waals surface area contributed by atoms with Gasteiger partial charge in [-0.05, 0) is 72.5 Å². The summed E-state index contributed by atoms with van der Waals surface area (Å²) in [7, 11) is 0. The van der Waals surface area contributed by atoms with Gasteiger partial charge in [0, 0.05) is 24.3 Å². The maximum Gasteiger partial charge on any atom is 0.289 e. The van der Waals surface area contributed by atoms with Gasteiger partial charge in [-0.25, -0.2) is 0 Å². The molecule has 4 rings (SSSR count). The highest BCUT2D eigenvalue weighted by atomic mass is 16.5. The van der Waals surface area contributed by atoms with Crippen molar-refractivity contribution >= 4 is 17.5 Å². The minimum Gasteiger partial charge on any atom is -0.494 e. The third-order valence-electron chi connectivity index (χ3n) is 5.38. The second kappa shape index (κ2) is 9.51. The number of hydrogen-bond donors (Lipinski definition) is 1. The van der Waals surface area contributed by atoms with Crippen LogP contribution in [0.1, 0.15) is 51.8 Å². The van der Waals surface area contributed by atoms with Crippen molar-refractivity contribution < 1.29 is 18.7 Å². The summed E-state index contributed by atoms with van der Waals surface area (Å²) < 4.78 is 10.9. The van der Waals surface area contributed by atoms with Crippen LogP contribution in [-0.4, -0.2) is 29.9 Å². The Balaban J connectivity index is 1.40. The van der Waals surface area contributed by atoms with E-state index in [9.17, 15) is 9.59 Å². The standard InChI is InChI=1S/C25H26N2O4/c1-2-3-14-30-22-10-7-19(8-11-22)24(28)26-21-9-6-18-12-13-27(17-20(18)16-21)25(29)23-5-4-15-31-23/h4-11,15-16H,2-3,12-14,17H2,1H3,(H,26,28). The zero-order chi connectivity index (χ0) is 21.6. The molecule has 31 heavy (non-hydrogen) atoms. The van der Waals surface area contributed by atoms with Crippen LogP contribution >= 0.6 is 0 Å². The van der Waals surface area contributed by atoms with Crippen LogP contribution in [0.15, 0.2) is 65.3 Å². The number of nitrogens with zero attached hydrogens (tertiary/aromatic N) is 1. The van der Waals surface area contributed by atoms with Crippen molar-refractivity contribution in [2.75, 3.05) is 18.5 Å². The summed E-state index contributed by atoms with van der Waals surface area (Å²) >= 11 is 0. The first-order chi connectivity index (χ1) is 15.1. The molecule has 0 fully saturated rings. The minimum atomic E-state index is -0.181. The number of carbonyl (C=O) groups excluding carboxylic acids is 2. The third kappa shape index (κ3) is 4.97. The Labute approximate surface area is 181 Å². The quantitative estimate of drug-likeness (QED) is 0.554. The van der Waals surface area contributed by atoms with Gasteiger partial charge in [0.2, 0.25) is 0 Å². The van der Waals surface area contributed by atoms with E-state index in [0.29, 0.717) is 36.7 Å². The van der Waals surface area contributed by atoms with Crippen LogP contribution in [0.2, 0.25) is 0 Å². The van der Waals surface area contributed by atoms with Gasteiger partial charge in [-0.1, -0.05) is 19.4 Å². The Hall–Kier alpha value is -3.54. The highest BCUT2D eigenvalue weighted by Crippen LogP contribution is 2.24. The first-order valence-corrected chi connectivity index (χ1v) is 10.6. The van der Waals surface area contributed by atoms with E-state index < -0.39 is 0 Å². The molecule has 3 aromatic rings. The van der Waals surface area contributed by atoms with Gasteiger partial charge in [-0.3, -0.25) is 9.59 Å². The van der Waals surface area contributed by atoms with Crippen LogP contribution in [-0.2, 0) is 13.0 Å². The lowest BCUT2D eigenvalue weighted by Gasteiger charge is -2.28. The summed E-state index contributed by atoms with van der Waals surface area (Å²) in [5.74, 6) is 0.806. The molecule has 2 aromatic carbocycles. The van der Waals surface area contributed by atoms with Crippen molar-refractivity contribution in [2.24, 2.45) is 0 Å². The fourth-order valence-electron chi connectivity index (χ4n) is 3.60. The summed E-state index contributed by atoms with van der Waals surface area (Å²) in [6, 6.07) is 16.4. The lowest BCUT2D eigenvalue weighted by Crippen LogP contribution is -2.35. The molecule has 160 valence electrons. The number of carbonyl (C=O) groups is 2. The molecule has 0 bridgehead atoms. The largest absolute Gasteiger partial charge is 0.494 e. The van der Waals surface area contributed by atoms with Crippen LogP contribution in [0.3, 0.4) is 0 Å². The number of nitrogens with one attached hydrogen (secondary N) is 1. The molecule has 0 spiro atoms. The number of ether oxygens (including phenoxy) is 1. The number of anilines is 1. The topological polar surface area (TPSA) is 71.8 Å². The smallest absolute Gasteiger partial charge is 0.289 e. The van der Waals surface area contributed by atoms with Gasteiger partial charge >= 0.3 is 0 Å². The second-order valence-corrected chi connectivity index (χ2v) is 7.62. The van der Waals surface area contributed by atoms with Crippen LogP contribution < -0.4 is 10.1 Å². The molecule has 6 nitrogen and oxygen atoms in total. The summed E-state index contributed by atoms with van der Waals surface area (Å²) in [5.41, 5.74) is 3.49. The van der Waals surface area contributed by atoms with Gasteiger partial charge in [0.15, 0.2) is 5.76 Å². The molecule has 1 aliphatic heterocycles. The Bertz CT molecular complexity index is 1040. The number of fused-ring (bicyclic) bond motifs is 1. The molecule has 6 heteroatoms. The average Bonchev–Trinajstić information content (AvgIpc) is 3.34. The second-order valence-electron chi connectivity index (χ2n) is 7.62. The molecule has 1 N–H and O–H groups in total. The molecule has 1 aromatic heterocycles. The van der Waals surface area contributed by atoms with E-state index in [1.165, 1.54) is 11.8 Å². The fourth-order valence-corrected chi connectivity index (χ4v) is 3.60. The summed E-state index contributed by atoms with van der Waals surface area (Å²) in [6.07, 6.45) is 4.36. The zero-order valence-corrected chi connectivity index (χ0v) is 17.6. The molecule has 0 radical (unpaired) electrons. The molecule has 0 aliphatic carbocycles. The van der Waals surface area contributed by atoms with Crippen molar-refractivity contribution in [1.82, 2.24) is 4.90 Å². The van der Waals surface area contributed by atoms with Crippen molar-refractivity contribution in [1.29, 1.82) is 0 Å². The molecule has 2 heterocycles. The monoisotopic (exact) mass is 418 g/mol. The van der Waals surface area contributed by atoms with E-state index in [-0.39, 0.29) is 11.8 Å². The molecule has 2 amide bonds. The fraction of sp³-hybridized carbons (Fsp3) is 0.280. The number of unbranched alkanes of at least 4 members (excludes halogenated alkanes) is 1. The number of rotatable bonds is 7. The highest BCUT2D eigenvalue weighted by molar-refractivity contribution is 6.04.